The van der Waals surface area contributed by atoms with Crippen LogP contribution in [-0.2, 0) is 26.0 Å². The van der Waals surface area contributed by atoms with E-state index in [1.807, 2.05) is 0 Å². The second-order valence-corrected chi connectivity index (χ2v) is 9.23. The van der Waals surface area contributed by atoms with E-state index < -0.39 is 10.0 Å². The van der Waals surface area contributed by atoms with Crippen LogP contribution in [0.2, 0.25) is 5.02 Å². The van der Waals surface area contributed by atoms with Gasteiger partial charge >= 0.3 is 0 Å². The molecule has 1 aliphatic rings. The van der Waals surface area contributed by atoms with Crippen LogP contribution >= 0.6 is 11.6 Å². The summed E-state index contributed by atoms with van der Waals surface area (Å²) in [6, 6.07) is 9.67. The average Bonchev–Trinajstić information content (AvgIpc) is 2.78. The number of nitrogens with one attached hydrogen (secondary N) is 1. The van der Waals surface area contributed by atoms with E-state index in [1.165, 1.54) is 24.6 Å². The minimum Gasteiger partial charge on any atom is -0.496 e. The summed E-state index contributed by atoms with van der Waals surface area (Å²) in [4.78, 5) is 12.6. The van der Waals surface area contributed by atoms with E-state index in [-0.39, 0.29) is 17.2 Å². The van der Waals surface area contributed by atoms with Crippen LogP contribution in [0.1, 0.15) is 12.0 Å². The van der Waals surface area contributed by atoms with Crippen LogP contribution in [0, 0.1) is 0 Å². The first kappa shape index (κ1) is 23.3. The third-order valence-electron chi connectivity index (χ3n) is 4.92. The molecule has 0 aromatic heterocycles. The molecule has 1 fully saturated rings. The first-order valence-corrected chi connectivity index (χ1v) is 11.5. The second kappa shape index (κ2) is 10.3. The Hall–Kier alpha value is -2.33. The van der Waals surface area contributed by atoms with Crippen LogP contribution in [0.25, 0.3) is 0 Å². The number of halogens is 1. The topological polar surface area (TPSA) is 94.2 Å². The molecule has 0 unspecified atom stereocenters. The van der Waals surface area contributed by atoms with Crippen LogP contribution in [-0.4, -0.2) is 59.2 Å². The Morgan fingerprint density at radius 3 is 2.42 bits per heavy atom. The Morgan fingerprint density at radius 1 is 1.10 bits per heavy atom. The number of sulfonamides is 1. The van der Waals surface area contributed by atoms with Crippen LogP contribution in [0.4, 0.5) is 5.69 Å². The first-order chi connectivity index (χ1) is 14.8. The molecule has 8 nitrogen and oxygen atoms in total. The fourth-order valence-corrected chi connectivity index (χ4v) is 4.98. The number of methoxy groups -OCH3 is 2. The standard InChI is InChI=1S/C21H25ClN2O6S/c1-28-19-7-5-17(31(26,27)24-9-11-30-12-10-24)13-15(19)3-8-21(25)23-16-4-6-20(29-2)18(22)14-16/h4-7,13-14H,3,8-12H2,1-2H3,(H,23,25). The van der Waals surface area contributed by atoms with Crippen LogP contribution < -0.4 is 14.8 Å². The number of rotatable bonds is 8. The highest BCUT2D eigenvalue weighted by Gasteiger charge is 2.27. The lowest BCUT2D eigenvalue weighted by Gasteiger charge is -2.26. The monoisotopic (exact) mass is 468 g/mol. The molecule has 0 radical (unpaired) electrons. The van der Waals surface area contributed by atoms with Crippen molar-refractivity contribution in [2.75, 3.05) is 45.8 Å². The molecule has 1 heterocycles. The molecule has 0 spiro atoms. The van der Waals surface area contributed by atoms with Crippen molar-refractivity contribution >= 4 is 33.2 Å². The molecule has 31 heavy (non-hydrogen) atoms. The third kappa shape index (κ3) is 5.68. The Labute approximate surface area is 187 Å². The lowest BCUT2D eigenvalue weighted by Crippen LogP contribution is -2.40. The second-order valence-electron chi connectivity index (χ2n) is 6.89. The quantitative estimate of drug-likeness (QED) is 0.640. The molecule has 0 aliphatic carbocycles. The molecule has 1 amide bonds. The largest absolute Gasteiger partial charge is 0.496 e. The SMILES string of the molecule is COc1ccc(NC(=O)CCc2cc(S(=O)(=O)N3CCOCC3)ccc2OC)cc1Cl. The predicted octanol–water partition coefficient (Wildman–Crippen LogP) is 2.95. The molecule has 0 saturated carbocycles. The summed E-state index contributed by atoms with van der Waals surface area (Å²) in [7, 11) is -0.615. The van der Waals surface area contributed by atoms with E-state index in [0.29, 0.717) is 60.5 Å². The van der Waals surface area contributed by atoms with Gasteiger partial charge in [0.15, 0.2) is 0 Å². The molecule has 0 bridgehead atoms. The van der Waals surface area contributed by atoms with Gasteiger partial charge in [0.1, 0.15) is 11.5 Å². The molecule has 1 aliphatic heterocycles. The maximum atomic E-state index is 12.9. The summed E-state index contributed by atoms with van der Waals surface area (Å²) in [5, 5.41) is 3.17. The highest BCUT2D eigenvalue weighted by atomic mass is 35.5. The van der Waals surface area contributed by atoms with Gasteiger partial charge in [-0.15, -0.1) is 0 Å². The molecule has 0 atom stereocenters. The third-order valence-corrected chi connectivity index (χ3v) is 7.11. The van der Waals surface area contributed by atoms with Gasteiger partial charge in [-0.2, -0.15) is 4.31 Å². The Morgan fingerprint density at radius 2 is 1.77 bits per heavy atom. The van der Waals surface area contributed by atoms with Crippen LogP contribution in [0.3, 0.4) is 0 Å². The summed E-state index contributed by atoms with van der Waals surface area (Å²) in [5.74, 6) is 0.814. The zero-order valence-electron chi connectivity index (χ0n) is 17.4. The van der Waals surface area contributed by atoms with Gasteiger partial charge in [-0.25, -0.2) is 8.42 Å². The lowest BCUT2D eigenvalue weighted by molar-refractivity contribution is -0.116. The molecule has 10 heteroatoms. The number of carbonyl (C=O) groups excluding carboxylic acids is 1. The average molecular weight is 469 g/mol. The van der Waals surface area contributed by atoms with Gasteiger partial charge in [0.2, 0.25) is 15.9 Å². The normalized spacial score (nSPS) is 14.8. The fourth-order valence-electron chi connectivity index (χ4n) is 3.26. The minimum atomic E-state index is -3.64. The highest BCUT2D eigenvalue weighted by molar-refractivity contribution is 7.89. The molecule has 1 saturated heterocycles. The smallest absolute Gasteiger partial charge is 0.243 e. The van der Waals surface area contributed by atoms with Gasteiger partial charge in [0.25, 0.3) is 0 Å². The Bertz CT molecular complexity index is 1040. The number of hydrogen-bond acceptors (Lipinski definition) is 6. The summed E-state index contributed by atoms with van der Waals surface area (Å²) in [6.45, 7) is 1.38. The van der Waals surface area contributed by atoms with Gasteiger partial charge in [0, 0.05) is 25.2 Å². The zero-order valence-corrected chi connectivity index (χ0v) is 19.0. The van der Waals surface area contributed by atoms with Gasteiger partial charge in [-0.3, -0.25) is 4.79 Å². The van der Waals surface area contributed by atoms with Gasteiger partial charge in [0.05, 0.1) is 37.4 Å². The Kier molecular flexibility index (Phi) is 7.77. The maximum absolute atomic E-state index is 12.9. The summed E-state index contributed by atoms with van der Waals surface area (Å²) < 4.78 is 43.0. The van der Waals surface area contributed by atoms with E-state index >= 15 is 0 Å². The number of hydrogen-bond donors (Lipinski definition) is 1. The molecular formula is C21H25ClN2O6S. The van der Waals surface area contributed by atoms with E-state index in [1.54, 1.807) is 30.3 Å². The fraction of sp³-hybridized carbons (Fsp3) is 0.381. The molecule has 2 aromatic rings. The molecular weight excluding hydrogens is 444 g/mol. The van der Waals surface area contributed by atoms with Crippen molar-refractivity contribution in [3.63, 3.8) is 0 Å². The molecule has 1 N–H and O–H groups in total. The molecule has 2 aromatic carbocycles. The number of aryl methyl sites for hydroxylation is 1. The van der Waals surface area contributed by atoms with E-state index in [2.05, 4.69) is 5.32 Å². The van der Waals surface area contributed by atoms with Crippen molar-refractivity contribution in [3.8, 4) is 11.5 Å². The van der Waals surface area contributed by atoms with E-state index in [9.17, 15) is 13.2 Å². The summed E-state index contributed by atoms with van der Waals surface area (Å²) in [6.07, 6.45) is 0.451. The number of nitrogens with zero attached hydrogens (tertiary/aromatic N) is 1. The van der Waals surface area contributed by atoms with E-state index in [0.717, 1.165) is 0 Å². The number of ether oxygens (including phenoxy) is 3. The zero-order chi connectivity index (χ0) is 22.4. The van der Waals surface area contributed by atoms with Crippen LogP contribution in [0.5, 0.6) is 11.5 Å². The number of benzene rings is 2. The number of carbonyl (C=O) groups is 1. The minimum absolute atomic E-state index is 0.140. The van der Waals surface area contributed by atoms with Crippen LogP contribution in [0.15, 0.2) is 41.3 Å². The summed E-state index contributed by atoms with van der Waals surface area (Å²) in [5.41, 5.74) is 1.19. The van der Waals surface area contributed by atoms with Crippen molar-refractivity contribution in [1.82, 2.24) is 4.31 Å². The maximum Gasteiger partial charge on any atom is 0.243 e. The highest BCUT2D eigenvalue weighted by Crippen LogP contribution is 2.28. The van der Waals surface area contributed by atoms with E-state index in [4.69, 9.17) is 25.8 Å². The van der Waals surface area contributed by atoms with Gasteiger partial charge in [-0.05, 0) is 48.4 Å². The number of anilines is 1. The van der Waals surface area contributed by atoms with Crippen molar-refractivity contribution in [2.24, 2.45) is 0 Å². The predicted molar refractivity (Wildman–Crippen MR) is 118 cm³/mol. The van der Waals surface area contributed by atoms with Crippen molar-refractivity contribution in [1.29, 1.82) is 0 Å². The number of morpholine rings is 1. The molecule has 3 rings (SSSR count). The molecule has 168 valence electrons. The first-order valence-electron chi connectivity index (χ1n) is 9.73. The van der Waals surface area contributed by atoms with Crippen molar-refractivity contribution < 1.29 is 27.4 Å². The van der Waals surface area contributed by atoms with Gasteiger partial charge < -0.3 is 19.5 Å². The number of amides is 1. The van der Waals surface area contributed by atoms with Gasteiger partial charge in [-0.1, -0.05) is 11.6 Å². The lowest BCUT2D eigenvalue weighted by atomic mass is 10.1. The Balaban J connectivity index is 1.71. The van der Waals surface area contributed by atoms with Crippen molar-refractivity contribution in [3.05, 3.63) is 47.0 Å². The summed E-state index contributed by atoms with van der Waals surface area (Å²) >= 11 is 6.09. The van der Waals surface area contributed by atoms with Crippen molar-refractivity contribution in [2.45, 2.75) is 17.7 Å².